The number of amides is 1. The second-order valence-corrected chi connectivity index (χ2v) is 4.41. The highest BCUT2D eigenvalue weighted by Crippen LogP contribution is 2.01. The molecule has 0 radical (unpaired) electrons. The lowest BCUT2D eigenvalue weighted by Gasteiger charge is -2.08. The first-order valence-electron chi connectivity index (χ1n) is 6.61. The Bertz CT molecular complexity index is 379. The van der Waals surface area contributed by atoms with E-state index in [1.54, 1.807) is 12.1 Å². The second-order valence-electron chi connectivity index (χ2n) is 4.41. The van der Waals surface area contributed by atoms with Crippen molar-refractivity contribution in [2.75, 3.05) is 25.0 Å². The fraction of sp³-hybridized carbons (Fsp3) is 0.615. The van der Waals surface area contributed by atoms with Gasteiger partial charge in [0.25, 0.3) is 5.91 Å². The average molecular weight is 266 g/mol. The molecule has 0 aliphatic rings. The Morgan fingerprint density at radius 1 is 1.32 bits per heavy atom. The number of nitrogens with one attached hydrogen (secondary N) is 2. The Labute approximate surface area is 113 Å². The third-order valence-corrected chi connectivity index (χ3v) is 2.29. The van der Waals surface area contributed by atoms with E-state index in [9.17, 15) is 4.79 Å². The van der Waals surface area contributed by atoms with Crippen LogP contribution in [-0.2, 0) is 4.74 Å². The Balaban J connectivity index is 2.36. The van der Waals surface area contributed by atoms with Gasteiger partial charge in [-0.2, -0.15) is 0 Å². The van der Waals surface area contributed by atoms with Gasteiger partial charge in [-0.1, -0.05) is 6.92 Å². The highest BCUT2D eigenvalue weighted by Gasteiger charge is 2.07. The van der Waals surface area contributed by atoms with Crippen LogP contribution in [0.2, 0.25) is 0 Å². The number of rotatable bonds is 8. The van der Waals surface area contributed by atoms with E-state index < -0.39 is 0 Å². The molecule has 2 N–H and O–H groups in total. The number of carbonyl (C=O) groups excluding carboxylic acids is 1. The summed E-state index contributed by atoms with van der Waals surface area (Å²) >= 11 is 0. The lowest BCUT2D eigenvalue weighted by Crippen LogP contribution is -2.29. The Kier molecular flexibility index (Phi) is 6.81. The van der Waals surface area contributed by atoms with Gasteiger partial charge in [0.2, 0.25) is 0 Å². The van der Waals surface area contributed by atoms with E-state index in [1.807, 2.05) is 13.8 Å². The predicted octanol–water partition coefficient (Wildman–Crippen LogP) is 1.45. The zero-order valence-electron chi connectivity index (χ0n) is 11.8. The van der Waals surface area contributed by atoms with Gasteiger partial charge in [-0.3, -0.25) is 4.79 Å². The summed E-state index contributed by atoms with van der Waals surface area (Å²) in [4.78, 5) is 11.7. The first kappa shape index (κ1) is 15.4. The predicted molar refractivity (Wildman–Crippen MR) is 74.2 cm³/mol. The number of carbonyl (C=O) groups is 1. The summed E-state index contributed by atoms with van der Waals surface area (Å²) in [5, 5.41) is 13.7. The van der Waals surface area contributed by atoms with Crippen LogP contribution in [0.25, 0.3) is 0 Å². The van der Waals surface area contributed by atoms with E-state index in [4.69, 9.17) is 4.74 Å². The lowest BCUT2D eigenvalue weighted by molar-refractivity contribution is 0.0744. The molecule has 1 aromatic rings. The van der Waals surface area contributed by atoms with E-state index in [1.165, 1.54) is 0 Å². The van der Waals surface area contributed by atoms with Crippen LogP contribution in [0.5, 0.6) is 0 Å². The number of nitrogens with zero attached hydrogens (tertiary/aromatic N) is 2. The maximum atomic E-state index is 11.7. The van der Waals surface area contributed by atoms with Crippen LogP contribution in [0.15, 0.2) is 12.1 Å². The van der Waals surface area contributed by atoms with Crippen LogP contribution < -0.4 is 10.6 Å². The minimum atomic E-state index is -0.234. The molecule has 0 atom stereocenters. The molecule has 0 bridgehead atoms. The summed E-state index contributed by atoms with van der Waals surface area (Å²) in [6.07, 6.45) is 1.18. The van der Waals surface area contributed by atoms with Crippen LogP contribution in [-0.4, -0.2) is 41.9 Å². The SMILES string of the molecule is CCCNc1ccc(C(=O)NCCOC(C)C)nn1. The monoisotopic (exact) mass is 266 g/mol. The summed E-state index contributed by atoms with van der Waals surface area (Å²) in [6.45, 7) is 7.78. The van der Waals surface area contributed by atoms with Crippen molar-refractivity contribution in [3.05, 3.63) is 17.8 Å². The van der Waals surface area contributed by atoms with Crippen molar-refractivity contribution >= 4 is 11.7 Å². The molecule has 6 heteroatoms. The van der Waals surface area contributed by atoms with Crippen LogP contribution in [0, 0.1) is 0 Å². The largest absolute Gasteiger partial charge is 0.377 e. The summed E-state index contributed by atoms with van der Waals surface area (Å²) in [7, 11) is 0. The molecule has 0 aliphatic heterocycles. The van der Waals surface area contributed by atoms with E-state index >= 15 is 0 Å². The van der Waals surface area contributed by atoms with Gasteiger partial charge < -0.3 is 15.4 Å². The topological polar surface area (TPSA) is 76.1 Å². The minimum Gasteiger partial charge on any atom is -0.377 e. The molecule has 0 spiro atoms. The van der Waals surface area contributed by atoms with Crippen molar-refractivity contribution in [1.82, 2.24) is 15.5 Å². The lowest BCUT2D eigenvalue weighted by atomic mass is 10.3. The van der Waals surface area contributed by atoms with Gasteiger partial charge in [0.15, 0.2) is 5.69 Å². The van der Waals surface area contributed by atoms with Crippen molar-refractivity contribution in [2.24, 2.45) is 0 Å². The van der Waals surface area contributed by atoms with E-state index in [0.717, 1.165) is 13.0 Å². The quantitative estimate of drug-likeness (QED) is 0.697. The molecule has 0 saturated carbocycles. The molecular weight excluding hydrogens is 244 g/mol. The molecule has 1 heterocycles. The summed E-state index contributed by atoms with van der Waals surface area (Å²) < 4.78 is 5.33. The number of hydrogen-bond donors (Lipinski definition) is 2. The molecule has 6 nitrogen and oxygen atoms in total. The molecule has 0 saturated heterocycles. The fourth-order valence-electron chi connectivity index (χ4n) is 1.35. The maximum absolute atomic E-state index is 11.7. The standard InChI is InChI=1S/C13H22N4O2/c1-4-7-14-12-6-5-11(16-17-12)13(18)15-8-9-19-10(2)3/h5-6,10H,4,7-9H2,1-3H3,(H,14,17)(H,15,18). The number of ether oxygens (including phenoxy) is 1. The van der Waals surface area contributed by atoms with Crippen LogP contribution >= 0.6 is 0 Å². The molecule has 19 heavy (non-hydrogen) atoms. The van der Waals surface area contributed by atoms with E-state index in [0.29, 0.717) is 24.7 Å². The Morgan fingerprint density at radius 2 is 2.11 bits per heavy atom. The highest BCUT2D eigenvalue weighted by molar-refractivity contribution is 5.92. The van der Waals surface area contributed by atoms with Gasteiger partial charge in [-0.05, 0) is 32.4 Å². The van der Waals surface area contributed by atoms with Crippen molar-refractivity contribution < 1.29 is 9.53 Å². The van der Waals surface area contributed by atoms with Gasteiger partial charge in [-0.25, -0.2) is 0 Å². The highest BCUT2D eigenvalue weighted by atomic mass is 16.5. The van der Waals surface area contributed by atoms with Gasteiger partial charge in [0, 0.05) is 13.1 Å². The fourth-order valence-corrected chi connectivity index (χ4v) is 1.35. The third kappa shape index (κ3) is 6.15. The first-order chi connectivity index (χ1) is 9.13. The first-order valence-corrected chi connectivity index (χ1v) is 6.61. The van der Waals surface area contributed by atoms with Crippen molar-refractivity contribution in [2.45, 2.75) is 33.3 Å². The zero-order chi connectivity index (χ0) is 14.1. The molecule has 0 aliphatic carbocycles. The van der Waals surface area contributed by atoms with Crippen LogP contribution in [0.4, 0.5) is 5.82 Å². The normalized spacial score (nSPS) is 10.5. The van der Waals surface area contributed by atoms with Crippen molar-refractivity contribution in [3.63, 3.8) is 0 Å². The van der Waals surface area contributed by atoms with Crippen molar-refractivity contribution in [3.8, 4) is 0 Å². The maximum Gasteiger partial charge on any atom is 0.271 e. The Hall–Kier alpha value is -1.69. The third-order valence-electron chi connectivity index (χ3n) is 2.29. The van der Waals surface area contributed by atoms with Gasteiger partial charge in [0.1, 0.15) is 5.82 Å². The molecule has 0 fully saturated rings. The number of aromatic nitrogens is 2. The minimum absolute atomic E-state index is 0.167. The van der Waals surface area contributed by atoms with Crippen LogP contribution in [0.1, 0.15) is 37.7 Å². The zero-order valence-corrected chi connectivity index (χ0v) is 11.8. The van der Waals surface area contributed by atoms with Gasteiger partial charge >= 0.3 is 0 Å². The summed E-state index contributed by atoms with van der Waals surface area (Å²) in [5.74, 6) is 0.448. The molecule has 1 aromatic heterocycles. The Morgan fingerprint density at radius 3 is 2.68 bits per heavy atom. The molecule has 0 aromatic carbocycles. The second kappa shape index (κ2) is 8.42. The van der Waals surface area contributed by atoms with Crippen molar-refractivity contribution in [1.29, 1.82) is 0 Å². The number of anilines is 1. The van der Waals surface area contributed by atoms with E-state index in [2.05, 4.69) is 27.8 Å². The molecule has 1 amide bonds. The van der Waals surface area contributed by atoms with Gasteiger partial charge in [-0.15, -0.1) is 10.2 Å². The molecular formula is C13H22N4O2. The summed E-state index contributed by atoms with van der Waals surface area (Å²) in [5.41, 5.74) is 0.312. The smallest absolute Gasteiger partial charge is 0.271 e. The average Bonchev–Trinajstić information content (AvgIpc) is 2.41. The molecule has 1 rings (SSSR count). The van der Waals surface area contributed by atoms with E-state index in [-0.39, 0.29) is 12.0 Å². The summed E-state index contributed by atoms with van der Waals surface area (Å²) in [6, 6.07) is 3.41. The molecule has 0 unspecified atom stereocenters. The molecule has 106 valence electrons. The number of hydrogen-bond acceptors (Lipinski definition) is 5. The van der Waals surface area contributed by atoms with Crippen LogP contribution in [0.3, 0.4) is 0 Å². The van der Waals surface area contributed by atoms with Gasteiger partial charge in [0.05, 0.1) is 12.7 Å².